The van der Waals surface area contributed by atoms with Gasteiger partial charge in [0.15, 0.2) is 0 Å². The molecule has 0 aliphatic carbocycles. The molecule has 2 aromatic rings. The summed E-state index contributed by atoms with van der Waals surface area (Å²) in [5.74, 6) is -2.79. The number of carbonyl (C=O) groups excluding carboxylic acids is 1. The molecule has 0 aliphatic heterocycles. The summed E-state index contributed by atoms with van der Waals surface area (Å²) >= 11 is 0. The number of aromatic carboxylic acids is 1. The monoisotopic (exact) mass is 338 g/mol. The van der Waals surface area contributed by atoms with Crippen LogP contribution >= 0.6 is 0 Å². The second-order valence-corrected chi connectivity index (χ2v) is 5.18. The van der Waals surface area contributed by atoms with E-state index in [1.165, 1.54) is 24.3 Å². The molecule has 126 valence electrons. The Labute approximate surface area is 143 Å². The molecule has 0 saturated heterocycles. The number of benzene rings is 2. The minimum Gasteiger partial charge on any atom is -0.481 e. The Morgan fingerprint density at radius 1 is 1.04 bits per heavy atom. The summed E-state index contributed by atoms with van der Waals surface area (Å²) in [6, 6.07) is 12.3. The third kappa shape index (κ3) is 4.42. The van der Waals surface area contributed by atoms with E-state index < -0.39 is 17.8 Å². The van der Waals surface area contributed by atoms with Crippen LogP contribution in [0.4, 0.5) is 5.69 Å². The summed E-state index contributed by atoms with van der Waals surface area (Å²) in [5, 5.41) is 29.6. The lowest BCUT2D eigenvalue weighted by molar-refractivity contribution is -0.136. The van der Waals surface area contributed by atoms with Crippen molar-refractivity contribution >= 4 is 23.5 Å². The second kappa shape index (κ2) is 7.75. The molecule has 0 saturated carbocycles. The van der Waals surface area contributed by atoms with Crippen molar-refractivity contribution in [1.82, 2.24) is 0 Å². The molecule has 0 aliphatic rings. The Hall–Kier alpha value is -3.66. The molecule has 0 bridgehead atoms. The predicted octanol–water partition coefficient (Wildman–Crippen LogP) is 2.53. The number of carboxylic acids is 2. The van der Waals surface area contributed by atoms with Crippen LogP contribution in [0.5, 0.6) is 0 Å². The lowest BCUT2D eigenvalue weighted by atomic mass is 10.0. The lowest BCUT2D eigenvalue weighted by Gasteiger charge is -2.10. The van der Waals surface area contributed by atoms with Gasteiger partial charge in [0.2, 0.25) is 0 Å². The summed E-state index contributed by atoms with van der Waals surface area (Å²) in [4.78, 5) is 34.1. The molecule has 7 nitrogen and oxygen atoms in total. The van der Waals surface area contributed by atoms with Crippen LogP contribution in [0.15, 0.2) is 42.5 Å². The number of carbonyl (C=O) groups is 3. The number of amides is 1. The first kappa shape index (κ1) is 17.7. The summed E-state index contributed by atoms with van der Waals surface area (Å²) in [6.45, 7) is 0. The molecular weight excluding hydrogens is 324 g/mol. The minimum atomic E-state index is -1.22. The molecule has 0 spiro atoms. The van der Waals surface area contributed by atoms with Crippen LogP contribution in [0, 0.1) is 11.3 Å². The van der Waals surface area contributed by atoms with Crippen LogP contribution in [-0.4, -0.2) is 28.1 Å². The fourth-order valence-electron chi connectivity index (χ4n) is 2.28. The topological polar surface area (TPSA) is 127 Å². The molecule has 0 atom stereocenters. The average molecular weight is 338 g/mol. The zero-order valence-electron chi connectivity index (χ0n) is 13.0. The Morgan fingerprint density at radius 2 is 1.72 bits per heavy atom. The Morgan fingerprint density at radius 3 is 2.32 bits per heavy atom. The van der Waals surface area contributed by atoms with Gasteiger partial charge in [-0.2, -0.15) is 5.26 Å². The van der Waals surface area contributed by atoms with Gasteiger partial charge in [-0.1, -0.05) is 18.2 Å². The highest BCUT2D eigenvalue weighted by Crippen LogP contribution is 2.19. The number of aryl methyl sites for hydroxylation is 1. The standard InChI is InChI=1S/C18H14N2O5/c19-10-12-9-13(7-5-11(12)6-8-16(21)22)20-17(23)14-3-1-2-4-15(14)18(24)25/h1-5,7,9H,6,8H2,(H,20,23)(H,21,22)(H,24,25). The molecule has 0 unspecified atom stereocenters. The summed E-state index contributed by atoms with van der Waals surface area (Å²) < 4.78 is 0. The molecule has 7 heteroatoms. The van der Waals surface area contributed by atoms with Gasteiger partial charge in [-0.05, 0) is 36.2 Å². The van der Waals surface area contributed by atoms with Gasteiger partial charge in [-0.25, -0.2) is 4.79 Å². The van der Waals surface area contributed by atoms with Crippen LogP contribution in [0.25, 0.3) is 0 Å². The summed E-state index contributed by atoms with van der Waals surface area (Å²) in [7, 11) is 0. The maximum absolute atomic E-state index is 12.3. The van der Waals surface area contributed by atoms with Crippen molar-refractivity contribution in [3.8, 4) is 6.07 Å². The largest absolute Gasteiger partial charge is 0.481 e. The van der Waals surface area contributed by atoms with Gasteiger partial charge < -0.3 is 15.5 Å². The van der Waals surface area contributed by atoms with E-state index in [1.807, 2.05) is 6.07 Å². The van der Waals surface area contributed by atoms with Gasteiger partial charge in [0, 0.05) is 12.1 Å². The highest BCUT2D eigenvalue weighted by molar-refractivity contribution is 6.10. The van der Waals surface area contributed by atoms with Crippen LogP contribution in [0.3, 0.4) is 0 Å². The van der Waals surface area contributed by atoms with Crippen molar-refractivity contribution in [3.63, 3.8) is 0 Å². The van der Waals surface area contributed by atoms with Crippen molar-refractivity contribution in [2.75, 3.05) is 5.32 Å². The number of nitrogens with one attached hydrogen (secondary N) is 1. The molecule has 1 amide bonds. The number of hydrogen-bond donors (Lipinski definition) is 3. The number of hydrogen-bond acceptors (Lipinski definition) is 4. The fourth-order valence-corrected chi connectivity index (χ4v) is 2.28. The summed E-state index contributed by atoms with van der Waals surface area (Å²) in [6.07, 6.45) is 0.0979. The maximum atomic E-state index is 12.3. The number of aliphatic carboxylic acids is 1. The quantitative estimate of drug-likeness (QED) is 0.742. The first-order chi connectivity index (χ1) is 11.9. The number of anilines is 1. The molecule has 0 fully saturated rings. The van der Waals surface area contributed by atoms with Crippen LogP contribution < -0.4 is 5.32 Å². The minimum absolute atomic E-state index is 0.00320. The Balaban J connectivity index is 2.23. The number of nitriles is 1. The number of carboxylic acid groups (broad SMARTS) is 2. The van der Waals surface area contributed by atoms with Crippen molar-refractivity contribution in [2.45, 2.75) is 12.8 Å². The Bertz CT molecular complexity index is 883. The van der Waals surface area contributed by atoms with Crippen LogP contribution in [-0.2, 0) is 11.2 Å². The second-order valence-electron chi connectivity index (χ2n) is 5.18. The molecule has 0 heterocycles. The fraction of sp³-hybridized carbons (Fsp3) is 0.111. The van der Waals surface area contributed by atoms with Gasteiger partial charge in [-0.15, -0.1) is 0 Å². The van der Waals surface area contributed by atoms with E-state index in [9.17, 15) is 19.6 Å². The zero-order valence-corrected chi connectivity index (χ0v) is 13.0. The maximum Gasteiger partial charge on any atom is 0.336 e. The average Bonchev–Trinajstić information content (AvgIpc) is 2.60. The summed E-state index contributed by atoms with van der Waals surface area (Å²) in [5.41, 5.74) is 1.02. The van der Waals surface area contributed by atoms with E-state index in [-0.39, 0.29) is 29.5 Å². The number of nitrogens with zero attached hydrogens (tertiary/aromatic N) is 1. The van der Waals surface area contributed by atoms with E-state index in [4.69, 9.17) is 10.2 Å². The Kier molecular flexibility index (Phi) is 5.48. The highest BCUT2D eigenvalue weighted by Gasteiger charge is 2.16. The van der Waals surface area contributed by atoms with Crippen molar-refractivity contribution in [1.29, 1.82) is 5.26 Å². The smallest absolute Gasteiger partial charge is 0.336 e. The van der Waals surface area contributed by atoms with E-state index in [1.54, 1.807) is 18.2 Å². The van der Waals surface area contributed by atoms with Gasteiger partial charge in [0.1, 0.15) is 0 Å². The van der Waals surface area contributed by atoms with Crippen molar-refractivity contribution < 1.29 is 24.6 Å². The molecule has 2 aromatic carbocycles. The molecule has 2 rings (SSSR count). The molecule has 3 N–H and O–H groups in total. The highest BCUT2D eigenvalue weighted by atomic mass is 16.4. The SMILES string of the molecule is N#Cc1cc(NC(=O)c2ccccc2C(=O)O)ccc1CCC(=O)O. The first-order valence-electron chi connectivity index (χ1n) is 7.31. The van der Waals surface area contributed by atoms with Gasteiger partial charge >= 0.3 is 11.9 Å². The normalized spacial score (nSPS) is 9.88. The van der Waals surface area contributed by atoms with Crippen molar-refractivity contribution in [2.24, 2.45) is 0 Å². The number of rotatable bonds is 6. The van der Waals surface area contributed by atoms with Crippen molar-refractivity contribution in [3.05, 3.63) is 64.7 Å². The van der Waals surface area contributed by atoms with Crippen LogP contribution in [0.2, 0.25) is 0 Å². The zero-order chi connectivity index (χ0) is 18.4. The van der Waals surface area contributed by atoms with Gasteiger partial charge in [-0.3, -0.25) is 9.59 Å². The van der Waals surface area contributed by atoms with E-state index >= 15 is 0 Å². The lowest BCUT2D eigenvalue weighted by Crippen LogP contribution is -2.16. The third-order valence-electron chi connectivity index (χ3n) is 3.50. The van der Waals surface area contributed by atoms with E-state index in [2.05, 4.69) is 5.32 Å². The third-order valence-corrected chi connectivity index (χ3v) is 3.50. The van der Waals surface area contributed by atoms with E-state index in [0.29, 0.717) is 11.3 Å². The van der Waals surface area contributed by atoms with Crippen LogP contribution in [0.1, 0.15) is 38.3 Å². The van der Waals surface area contributed by atoms with Gasteiger partial charge in [0.05, 0.1) is 22.8 Å². The molecular formula is C18H14N2O5. The van der Waals surface area contributed by atoms with Gasteiger partial charge in [0.25, 0.3) is 5.91 Å². The van der Waals surface area contributed by atoms with E-state index in [0.717, 1.165) is 0 Å². The molecule has 25 heavy (non-hydrogen) atoms. The first-order valence-corrected chi connectivity index (χ1v) is 7.31. The predicted molar refractivity (Wildman–Crippen MR) is 88.5 cm³/mol. The molecule has 0 radical (unpaired) electrons. The molecule has 0 aromatic heterocycles.